The maximum atomic E-state index is 11.9. The van der Waals surface area contributed by atoms with E-state index < -0.39 is 5.91 Å². The molecule has 2 aromatic carbocycles. The number of hydrogen-bond acceptors (Lipinski definition) is 4. The molecule has 0 saturated carbocycles. The van der Waals surface area contributed by atoms with E-state index in [4.69, 9.17) is 0 Å². The topological polar surface area (TPSA) is 97.7 Å². The summed E-state index contributed by atoms with van der Waals surface area (Å²) in [4.78, 5) is 15.0. The van der Waals surface area contributed by atoms with Gasteiger partial charge in [0.15, 0.2) is 0 Å². The van der Waals surface area contributed by atoms with Gasteiger partial charge in [-0.2, -0.15) is 5.10 Å². The Hall–Kier alpha value is -3.28. The number of carbonyl (C=O) groups is 1. The summed E-state index contributed by atoms with van der Waals surface area (Å²) in [5, 5.41) is 23.6. The van der Waals surface area contributed by atoms with E-state index in [9.17, 15) is 15.0 Å². The Morgan fingerprint density at radius 1 is 1.14 bits per heavy atom. The number of hydrazone groups is 1. The van der Waals surface area contributed by atoms with Crippen LogP contribution in [0.2, 0.25) is 0 Å². The van der Waals surface area contributed by atoms with Crippen LogP contribution < -0.4 is 5.43 Å². The van der Waals surface area contributed by atoms with Gasteiger partial charge in [-0.1, -0.05) is 18.2 Å². The summed E-state index contributed by atoms with van der Waals surface area (Å²) in [6, 6.07) is 11.4. The second-order valence-corrected chi connectivity index (χ2v) is 4.73. The number of nitrogens with zero attached hydrogens (tertiary/aromatic N) is 1. The number of aromatic nitrogens is 1. The van der Waals surface area contributed by atoms with Crippen LogP contribution in [0, 0.1) is 0 Å². The molecule has 0 saturated heterocycles. The molecular weight excluding hydrogens is 282 g/mol. The highest BCUT2D eigenvalue weighted by molar-refractivity contribution is 6.00. The number of aromatic amines is 1. The number of phenolic OH excluding ortho intramolecular Hbond substituents is 2. The summed E-state index contributed by atoms with van der Waals surface area (Å²) in [5.41, 5.74) is 4.29. The predicted octanol–water partition coefficient (Wildman–Crippen LogP) is 2.34. The van der Waals surface area contributed by atoms with E-state index in [-0.39, 0.29) is 17.1 Å². The number of amides is 1. The van der Waals surface area contributed by atoms with Gasteiger partial charge >= 0.3 is 0 Å². The van der Waals surface area contributed by atoms with Crippen molar-refractivity contribution in [1.29, 1.82) is 0 Å². The summed E-state index contributed by atoms with van der Waals surface area (Å²) in [6.07, 6.45) is 3.32. The molecule has 110 valence electrons. The van der Waals surface area contributed by atoms with Gasteiger partial charge in [0.1, 0.15) is 11.5 Å². The lowest BCUT2D eigenvalue weighted by atomic mass is 10.2. The van der Waals surface area contributed by atoms with Crippen LogP contribution in [0.3, 0.4) is 0 Å². The summed E-state index contributed by atoms with van der Waals surface area (Å²) in [5.74, 6) is -0.904. The van der Waals surface area contributed by atoms with Crippen LogP contribution >= 0.6 is 0 Å². The van der Waals surface area contributed by atoms with Gasteiger partial charge in [-0.05, 0) is 18.2 Å². The van der Waals surface area contributed by atoms with E-state index in [0.29, 0.717) is 0 Å². The lowest BCUT2D eigenvalue weighted by molar-refractivity contribution is 0.0954. The maximum absolute atomic E-state index is 11.9. The number of hydrogen-bond donors (Lipinski definition) is 4. The molecule has 0 unspecified atom stereocenters. The first-order valence-electron chi connectivity index (χ1n) is 6.56. The number of fused-ring (bicyclic) bond motifs is 1. The first-order chi connectivity index (χ1) is 10.6. The van der Waals surface area contributed by atoms with Crippen molar-refractivity contribution in [3.05, 3.63) is 59.8 Å². The van der Waals surface area contributed by atoms with E-state index >= 15 is 0 Å². The summed E-state index contributed by atoms with van der Waals surface area (Å²) < 4.78 is 0. The van der Waals surface area contributed by atoms with E-state index in [1.165, 1.54) is 18.3 Å². The second kappa shape index (κ2) is 5.61. The molecule has 0 bridgehead atoms. The fraction of sp³-hybridized carbons (Fsp3) is 0. The summed E-state index contributed by atoms with van der Waals surface area (Å²) >= 11 is 0. The van der Waals surface area contributed by atoms with Crippen molar-refractivity contribution in [2.75, 3.05) is 0 Å². The van der Waals surface area contributed by atoms with Crippen molar-refractivity contribution in [2.45, 2.75) is 0 Å². The van der Waals surface area contributed by atoms with Crippen LogP contribution in [0.15, 0.2) is 53.8 Å². The van der Waals surface area contributed by atoms with Crippen LogP contribution in [0.1, 0.15) is 15.9 Å². The molecule has 22 heavy (non-hydrogen) atoms. The van der Waals surface area contributed by atoms with Crippen LogP contribution in [0.25, 0.3) is 10.9 Å². The number of H-pyrrole nitrogens is 1. The molecule has 0 fully saturated rings. The Balaban J connectivity index is 1.75. The van der Waals surface area contributed by atoms with E-state index in [2.05, 4.69) is 15.5 Å². The van der Waals surface area contributed by atoms with Gasteiger partial charge in [-0.15, -0.1) is 0 Å². The SMILES string of the molecule is O=C(N/N=C/c1c[nH]c2ccccc12)c1cc(O)cc(O)c1. The van der Waals surface area contributed by atoms with Crippen LogP contribution in [-0.2, 0) is 0 Å². The fourth-order valence-corrected chi connectivity index (χ4v) is 2.15. The molecule has 3 aromatic rings. The number of benzene rings is 2. The smallest absolute Gasteiger partial charge is 0.271 e. The highest BCUT2D eigenvalue weighted by Crippen LogP contribution is 2.20. The van der Waals surface area contributed by atoms with E-state index in [0.717, 1.165) is 22.5 Å². The monoisotopic (exact) mass is 295 g/mol. The Bertz CT molecular complexity index is 848. The molecule has 1 aromatic heterocycles. The van der Waals surface area contributed by atoms with Gasteiger partial charge in [0, 0.05) is 34.3 Å². The van der Waals surface area contributed by atoms with Gasteiger partial charge in [-0.3, -0.25) is 4.79 Å². The minimum absolute atomic E-state index is 0.119. The highest BCUT2D eigenvalue weighted by Gasteiger charge is 2.07. The third kappa shape index (κ3) is 2.76. The van der Waals surface area contributed by atoms with Crippen molar-refractivity contribution in [3.8, 4) is 11.5 Å². The molecule has 4 N–H and O–H groups in total. The molecule has 0 aliphatic rings. The fourth-order valence-electron chi connectivity index (χ4n) is 2.15. The molecule has 0 radical (unpaired) electrons. The van der Waals surface area contributed by atoms with Gasteiger partial charge < -0.3 is 15.2 Å². The Morgan fingerprint density at radius 3 is 2.64 bits per heavy atom. The molecule has 0 spiro atoms. The molecule has 1 amide bonds. The molecule has 0 aliphatic carbocycles. The van der Waals surface area contributed by atoms with Crippen LogP contribution in [0.4, 0.5) is 0 Å². The average molecular weight is 295 g/mol. The summed E-state index contributed by atoms with van der Waals surface area (Å²) in [7, 11) is 0. The van der Waals surface area contributed by atoms with E-state index in [1.54, 1.807) is 6.20 Å². The van der Waals surface area contributed by atoms with Crippen molar-refractivity contribution >= 4 is 23.0 Å². The quantitative estimate of drug-likeness (QED) is 0.441. The normalized spacial score (nSPS) is 11.1. The zero-order chi connectivity index (χ0) is 15.5. The molecule has 0 aliphatic heterocycles. The zero-order valence-corrected chi connectivity index (χ0v) is 11.4. The van der Waals surface area contributed by atoms with Crippen molar-refractivity contribution in [2.24, 2.45) is 5.10 Å². The molecule has 0 atom stereocenters. The van der Waals surface area contributed by atoms with Gasteiger partial charge in [0.2, 0.25) is 0 Å². The lowest BCUT2D eigenvalue weighted by Gasteiger charge is -2.01. The highest BCUT2D eigenvalue weighted by atomic mass is 16.3. The van der Waals surface area contributed by atoms with Gasteiger partial charge in [0.05, 0.1) is 6.21 Å². The zero-order valence-electron chi connectivity index (χ0n) is 11.4. The minimum Gasteiger partial charge on any atom is -0.508 e. The molecule has 3 rings (SSSR count). The number of nitrogens with one attached hydrogen (secondary N) is 2. The third-order valence-corrected chi connectivity index (χ3v) is 3.16. The third-order valence-electron chi connectivity index (χ3n) is 3.16. The standard InChI is InChI=1S/C16H13N3O3/c20-12-5-10(6-13(21)7-12)16(22)19-18-9-11-8-17-15-4-2-1-3-14(11)15/h1-9,17,20-21H,(H,19,22)/b18-9+. The van der Waals surface area contributed by atoms with Crippen molar-refractivity contribution in [1.82, 2.24) is 10.4 Å². The molecule has 6 heteroatoms. The van der Waals surface area contributed by atoms with Crippen LogP contribution in [-0.4, -0.2) is 27.3 Å². The largest absolute Gasteiger partial charge is 0.508 e. The maximum Gasteiger partial charge on any atom is 0.271 e. The first-order valence-corrected chi connectivity index (χ1v) is 6.56. The van der Waals surface area contributed by atoms with Gasteiger partial charge in [-0.25, -0.2) is 5.43 Å². The Morgan fingerprint density at radius 2 is 1.86 bits per heavy atom. The number of aromatic hydroxyl groups is 2. The van der Waals surface area contributed by atoms with Crippen molar-refractivity contribution < 1.29 is 15.0 Å². The Labute approximate surface area is 125 Å². The van der Waals surface area contributed by atoms with Crippen LogP contribution in [0.5, 0.6) is 11.5 Å². The first kappa shape index (κ1) is 13.7. The Kier molecular flexibility index (Phi) is 3.49. The van der Waals surface area contributed by atoms with Gasteiger partial charge in [0.25, 0.3) is 5.91 Å². The second-order valence-electron chi connectivity index (χ2n) is 4.73. The van der Waals surface area contributed by atoms with E-state index in [1.807, 2.05) is 24.3 Å². The number of para-hydroxylation sites is 1. The molecule has 1 heterocycles. The van der Waals surface area contributed by atoms with Crippen molar-refractivity contribution in [3.63, 3.8) is 0 Å². The minimum atomic E-state index is -0.526. The summed E-state index contributed by atoms with van der Waals surface area (Å²) in [6.45, 7) is 0. The molecule has 6 nitrogen and oxygen atoms in total. The lowest BCUT2D eigenvalue weighted by Crippen LogP contribution is -2.17. The predicted molar refractivity (Wildman–Crippen MR) is 83.1 cm³/mol. The number of carbonyl (C=O) groups excluding carboxylic acids is 1. The number of rotatable bonds is 3. The number of phenols is 2. The molecular formula is C16H13N3O3. The average Bonchev–Trinajstić information content (AvgIpc) is 2.90.